The summed E-state index contributed by atoms with van der Waals surface area (Å²) in [7, 11) is 1.75. The summed E-state index contributed by atoms with van der Waals surface area (Å²) in [5, 5.41) is 12.0. The number of anilines is 1. The van der Waals surface area contributed by atoms with Crippen molar-refractivity contribution in [3.05, 3.63) is 54.3 Å². The van der Waals surface area contributed by atoms with Gasteiger partial charge in [0.05, 0.1) is 21.5 Å². The van der Waals surface area contributed by atoms with E-state index in [0.29, 0.717) is 21.7 Å². The van der Waals surface area contributed by atoms with E-state index in [1.807, 2.05) is 24.3 Å². The third kappa shape index (κ3) is 3.69. The highest BCUT2D eigenvalue weighted by Crippen LogP contribution is 2.27. The third-order valence-corrected chi connectivity index (χ3v) is 5.79. The predicted octanol–water partition coefficient (Wildman–Crippen LogP) is 3.96. The molecule has 0 saturated carbocycles. The average molecular weight is 399 g/mol. The lowest BCUT2D eigenvalue weighted by Gasteiger charge is -2.04. The average Bonchev–Trinajstić information content (AvgIpc) is 3.23. The first-order chi connectivity index (χ1) is 13.1. The van der Waals surface area contributed by atoms with E-state index >= 15 is 0 Å². The number of hydrogen-bond acceptors (Lipinski definition) is 6. The summed E-state index contributed by atoms with van der Waals surface area (Å²) in [4.78, 5) is 16.6. The molecule has 0 aliphatic rings. The fourth-order valence-electron chi connectivity index (χ4n) is 2.53. The summed E-state index contributed by atoms with van der Waals surface area (Å²) in [6, 6.07) is 14.1. The van der Waals surface area contributed by atoms with Crippen molar-refractivity contribution in [3.63, 3.8) is 0 Å². The highest BCUT2D eigenvalue weighted by Gasteiger charge is 2.16. The number of thioether (sulfide) groups is 1. The van der Waals surface area contributed by atoms with E-state index in [1.165, 1.54) is 29.2 Å². The van der Waals surface area contributed by atoms with Gasteiger partial charge in [0.15, 0.2) is 16.1 Å². The smallest absolute Gasteiger partial charge is 0.236 e. The van der Waals surface area contributed by atoms with Crippen LogP contribution >= 0.6 is 23.1 Å². The number of nitrogens with zero attached hydrogens (tertiary/aromatic N) is 4. The minimum absolute atomic E-state index is 0.152. The topological polar surface area (TPSA) is 72.7 Å². The summed E-state index contributed by atoms with van der Waals surface area (Å²) in [5.74, 6) is 0.0221. The van der Waals surface area contributed by atoms with Crippen LogP contribution in [0.1, 0.15) is 0 Å². The van der Waals surface area contributed by atoms with Crippen LogP contribution in [0.3, 0.4) is 0 Å². The highest BCUT2D eigenvalue weighted by atomic mass is 32.2. The van der Waals surface area contributed by atoms with Crippen LogP contribution in [0, 0.1) is 5.82 Å². The van der Waals surface area contributed by atoms with Crippen molar-refractivity contribution in [1.29, 1.82) is 0 Å². The largest absolute Gasteiger partial charge is 0.305 e. The van der Waals surface area contributed by atoms with Crippen LogP contribution in [0.2, 0.25) is 0 Å². The second kappa shape index (κ2) is 7.45. The zero-order valence-corrected chi connectivity index (χ0v) is 15.9. The van der Waals surface area contributed by atoms with Crippen molar-refractivity contribution in [3.8, 4) is 11.4 Å². The molecule has 0 radical (unpaired) electrons. The minimum atomic E-state index is -0.363. The van der Waals surface area contributed by atoms with Crippen LogP contribution in [0.4, 0.5) is 9.52 Å². The van der Waals surface area contributed by atoms with Gasteiger partial charge in [0, 0.05) is 7.05 Å². The summed E-state index contributed by atoms with van der Waals surface area (Å²) < 4.78 is 16.6. The SMILES string of the molecule is Cn1c(SCC(=O)Nc2nc3ccccc3s2)nnc1-c1ccccc1F. The van der Waals surface area contributed by atoms with Gasteiger partial charge < -0.3 is 9.88 Å². The number of benzene rings is 2. The molecule has 0 bridgehead atoms. The number of carbonyl (C=O) groups excluding carboxylic acids is 1. The van der Waals surface area contributed by atoms with E-state index in [1.54, 1.807) is 29.8 Å². The molecule has 0 unspecified atom stereocenters. The number of amides is 1. The van der Waals surface area contributed by atoms with Crippen molar-refractivity contribution in [2.75, 3.05) is 11.1 Å². The monoisotopic (exact) mass is 399 g/mol. The van der Waals surface area contributed by atoms with Crippen molar-refractivity contribution in [1.82, 2.24) is 19.7 Å². The van der Waals surface area contributed by atoms with E-state index in [-0.39, 0.29) is 17.5 Å². The van der Waals surface area contributed by atoms with Gasteiger partial charge in [-0.2, -0.15) is 0 Å². The lowest BCUT2D eigenvalue weighted by atomic mass is 10.2. The lowest BCUT2D eigenvalue weighted by molar-refractivity contribution is -0.113. The number of halogens is 1. The lowest BCUT2D eigenvalue weighted by Crippen LogP contribution is -2.14. The molecule has 0 aliphatic heterocycles. The second-order valence-electron chi connectivity index (χ2n) is 5.67. The first-order valence-corrected chi connectivity index (χ1v) is 9.84. The fraction of sp³-hybridized carbons (Fsp3) is 0.111. The zero-order valence-electron chi connectivity index (χ0n) is 14.2. The second-order valence-corrected chi connectivity index (χ2v) is 7.64. The van der Waals surface area contributed by atoms with E-state index < -0.39 is 0 Å². The summed E-state index contributed by atoms with van der Waals surface area (Å²) >= 11 is 2.66. The Morgan fingerprint density at radius 3 is 2.78 bits per heavy atom. The van der Waals surface area contributed by atoms with Crippen molar-refractivity contribution >= 4 is 44.4 Å². The summed E-state index contributed by atoms with van der Waals surface area (Å²) in [6.07, 6.45) is 0. The van der Waals surface area contributed by atoms with Gasteiger partial charge in [-0.15, -0.1) is 10.2 Å². The van der Waals surface area contributed by atoms with Crippen LogP contribution in [0.5, 0.6) is 0 Å². The van der Waals surface area contributed by atoms with Crippen molar-refractivity contribution in [2.45, 2.75) is 5.16 Å². The number of rotatable bonds is 5. The number of thiazole rings is 1. The molecule has 2 aromatic heterocycles. The fourth-order valence-corrected chi connectivity index (χ4v) is 4.12. The van der Waals surface area contributed by atoms with Gasteiger partial charge in [-0.1, -0.05) is 47.4 Å². The molecule has 6 nitrogen and oxygen atoms in total. The first kappa shape index (κ1) is 17.6. The van der Waals surface area contributed by atoms with E-state index in [4.69, 9.17) is 0 Å². The summed E-state index contributed by atoms with van der Waals surface area (Å²) in [6.45, 7) is 0. The molecule has 4 rings (SSSR count). The molecule has 0 aliphatic carbocycles. The Morgan fingerprint density at radius 1 is 1.19 bits per heavy atom. The Kier molecular flexibility index (Phi) is 4.87. The van der Waals surface area contributed by atoms with Crippen molar-refractivity contribution in [2.24, 2.45) is 7.05 Å². The van der Waals surface area contributed by atoms with Gasteiger partial charge in [-0.25, -0.2) is 9.37 Å². The molecule has 136 valence electrons. The molecule has 2 aromatic carbocycles. The molecule has 0 saturated heterocycles. The first-order valence-electron chi connectivity index (χ1n) is 8.04. The Balaban J connectivity index is 1.43. The molecule has 9 heteroatoms. The quantitative estimate of drug-likeness (QED) is 0.514. The number of para-hydroxylation sites is 1. The van der Waals surface area contributed by atoms with Gasteiger partial charge in [0.1, 0.15) is 5.82 Å². The van der Waals surface area contributed by atoms with E-state index in [2.05, 4.69) is 20.5 Å². The molecule has 0 atom stereocenters. The maximum atomic E-state index is 14.0. The number of hydrogen-bond donors (Lipinski definition) is 1. The molecule has 4 aromatic rings. The maximum Gasteiger partial charge on any atom is 0.236 e. The maximum absolute atomic E-state index is 14.0. The number of aromatic nitrogens is 4. The van der Waals surface area contributed by atoms with Crippen LogP contribution in [-0.4, -0.2) is 31.4 Å². The van der Waals surface area contributed by atoms with E-state index in [9.17, 15) is 9.18 Å². The van der Waals surface area contributed by atoms with Gasteiger partial charge in [-0.05, 0) is 24.3 Å². The molecule has 1 amide bonds. The van der Waals surface area contributed by atoms with Crippen molar-refractivity contribution < 1.29 is 9.18 Å². The van der Waals surface area contributed by atoms with Crippen LogP contribution in [0.25, 0.3) is 21.6 Å². The molecular formula is C18H14FN5OS2. The Bertz CT molecular complexity index is 1090. The standard InChI is InChI=1S/C18H14FN5OS2/c1-24-16(11-6-2-3-7-12(11)19)22-23-18(24)26-10-15(25)21-17-20-13-8-4-5-9-14(13)27-17/h2-9H,10H2,1H3,(H,20,21,25). The molecule has 27 heavy (non-hydrogen) atoms. The molecule has 0 spiro atoms. The van der Waals surface area contributed by atoms with Gasteiger partial charge in [0.2, 0.25) is 5.91 Å². The van der Waals surface area contributed by atoms with Gasteiger partial charge >= 0.3 is 0 Å². The molecule has 2 heterocycles. The highest BCUT2D eigenvalue weighted by molar-refractivity contribution is 7.99. The number of fused-ring (bicyclic) bond motifs is 1. The number of nitrogens with one attached hydrogen (secondary N) is 1. The normalized spacial score (nSPS) is 11.0. The Hall–Kier alpha value is -2.78. The summed E-state index contributed by atoms with van der Waals surface area (Å²) in [5.41, 5.74) is 1.23. The minimum Gasteiger partial charge on any atom is -0.305 e. The van der Waals surface area contributed by atoms with E-state index in [0.717, 1.165) is 10.2 Å². The Morgan fingerprint density at radius 2 is 1.96 bits per heavy atom. The number of carbonyl (C=O) groups is 1. The van der Waals surface area contributed by atoms with Gasteiger partial charge in [0.25, 0.3) is 0 Å². The zero-order chi connectivity index (χ0) is 18.8. The van der Waals surface area contributed by atoms with Crippen LogP contribution < -0.4 is 5.32 Å². The van der Waals surface area contributed by atoms with Gasteiger partial charge in [-0.3, -0.25) is 4.79 Å². The van der Waals surface area contributed by atoms with Crippen LogP contribution in [0.15, 0.2) is 53.7 Å². The third-order valence-electron chi connectivity index (χ3n) is 3.82. The molecular weight excluding hydrogens is 385 g/mol. The Labute approximate surface area is 162 Å². The van der Waals surface area contributed by atoms with Crippen LogP contribution in [-0.2, 0) is 11.8 Å². The molecule has 1 N–H and O–H groups in total. The predicted molar refractivity (Wildman–Crippen MR) is 105 cm³/mol. The molecule has 0 fully saturated rings.